The van der Waals surface area contributed by atoms with E-state index in [9.17, 15) is 9.59 Å². The Labute approximate surface area is 129 Å². The van der Waals surface area contributed by atoms with Crippen molar-refractivity contribution in [2.24, 2.45) is 5.92 Å². The Bertz CT molecular complexity index is 302. The highest BCUT2D eigenvalue weighted by Crippen LogP contribution is 2.07. The third-order valence-corrected chi connectivity index (χ3v) is 3.55. The minimum atomic E-state index is -0.263. The molecule has 1 amide bonds. The maximum Gasteiger partial charge on any atom is 0.307 e. The molecule has 21 heavy (non-hydrogen) atoms. The molecule has 0 aromatic carbocycles. The van der Waals surface area contributed by atoms with Gasteiger partial charge in [0, 0.05) is 19.5 Å². The molecule has 0 aliphatic carbocycles. The minimum Gasteiger partial charge on any atom is -0.469 e. The molecule has 0 aromatic rings. The number of methoxy groups -OCH3 is 1. The third kappa shape index (κ3) is 9.45. The van der Waals surface area contributed by atoms with Crippen molar-refractivity contribution in [1.29, 1.82) is 0 Å². The summed E-state index contributed by atoms with van der Waals surface area (Å²) in [4.78, 5) is 27.6. The number of rotatable bonds is 11. The topological polar surface area (TPSA) is 49.9 Å². The number of ether oxygens (including phenoxy) is 1. The van der Waals surface area contributed by atoms with Gasteiger partial charge in [-0.15, -0.1) is 0 Å². The lowest BCUT2D eigenvalue weighted by molar-refractivity contribution is -0.141. The molecule has 0 bridgehead atoms. The monoisotopic (exact) mass is 300 g/mol. The standard InChI is InChI=1S/C16H32N2O3/c1-6-17(7-2)10-8-11-18(12-9-16(20)21-5)15(19)13-14(3)4/h14H,6-13H2,1-5H3. The Morgan fingerprint density at radius 1 is 1.05 bits per heavy atom. The molecule has 0 saturated heterocycles. The average Bonchev–Trinajstić information content (AvgIpc) is 2.45. The molecule has 0 unspecified atom stereocenters. The summed E-state index contributed by atoms with van der Waals surface area (Å²) >= 11 is 0. The first-order chi connectivity index (χ1) is 9.94. The number of carbonyl (C=O) groups is 2. The zero-order valence-corrected chi connectivity index (χ0v) is 14.4. The van der Waals surface area contributed by atoms with Crippen molar-refractivity contribution in [2.45, 2.75) is 47.0 Å². The molecular weight excluding hydrogens is 268 g/mol. The van der Waals surface area contributed by atoms with Gasteiger partial charge in [-0.1, -0.05) is 27.7 Å². The second kappa shape index (κ2) is 11.5. The number of hydrogen-bond donors (Lipinski definition) is 0. The van der Waals surface area contributed by atoms with Crippen LogP contribution in [0.5, 0.6) is 0 Å². The van der Waals surface area contributed by atoms with Crippen LogP contribution in [-0.4, -0.2) is 61.5 Å². The lowest BCUT2D eigenvalue weighted by Gasteiger charge is -2.25. The predicted octanol–water partition coefficient (Wildman–Crippen LogP) is 2.16. The van der Waals surface area contributed by atoms with Gasteiger partial charge in [0.2, 0.25) is 5.91 Å². The highest BCUT2D eigenvalue weighted by molar-refractivity contribution is 5.77. The van der Waals surface area contributed by atoms with Gasteiger partial charge >= 0.3 is 5.97 Å². The molecule has 0 radical (unpaired) electrons. The fraction of sp³-hybridized carbons (Fsp3) is 0.875. The van der Waals surface area contributed by atoms with Crippen LogP contribution in [0, 0.1) is 5.92 Å². The molecule has 0 aromatic heterocycles. The van der Waals surface area contributed by atoms with Crippen molar-refractivity contribution < 1.29 is 14.3 Å². The zero-order valence-electron chi connectivity index (χ0n) is 14.4. The van der Waals surface area contributed by atoms with Crippen molar-refractivity contribution in [3.8, 4) is 0 Å². The van der Waals surface area contributed by atoms with Gasteiger partial charge in [0.05, 0.1) is 13.5 Å². The van der Waals surface area contributed by atoms with Gasteiger partial charge in [0.25, 0.3) is 0 Å². The van der Waals surface area contributed by atoms with Crippen molar-refractivity contribution >= 4 is 11.9 Å². The first kappa shape index (κ1) is 19.9. The molecule has 0 rings (SSSR count). The van der Waals surface area contributed by atoms with Crippen LogP contribution >= 0.6 is 0 Å². The zero-order chi connectivity index (χ0) is 16.3. The summed E-state index contributed by atoms with van der Waals surface area (Å²) in [6.45, 7) is 12.5. The number of hydrogen-bond acceptors (Lipinski definition) is 4. The van der Waals surface area contributed by atoms with E-state index in [4.69, 9.17) is 0 Å². The van der Waals surface area contributed by atoms with Gasteiger partial charge < -0.3 is 14.5 Å². The number of amides is 1. The largest absolute Gasteiger partial charge is 0.469 e. The molecule has 0 atom stereocenters. The van der Waals surface area contributed by atoms with Crippen molar-refractivity contribution in [2.75, 3.05) is 39.8 Å². The van der Waals surface area contributed by atoms with E-state index in [0.717, 1.165) is 26.1 Å². The first-order valence-electron chi connectivity index (χ1n) is 8.01. The molecule has 5 heteroatoms. The normalized spacial score (nSPS) is 11.0. The first-order valence-corrected chi connectivity index (χ1v) is 8.01. The van der Waals surface area contributed by atoms with Gasteiger partial charge in [0.1, 0.15) is 0 Å². The van der Waals surface area contributed by atoms with Crippen molar-refractivity contribution in [3.63, 3.8) is 0 Å². The number of carbonyl (C=O) groups excluding carboxylic acids is 2. The second-order valence-electron chi connectivity index (χ2n) is 5.69. The van der Waals surface area contributed by atoms with Crippen molar-refractivity contribution in [1.82, 2.24) is 9.80 Å². The van der Waals surface area contributed by atoms with Gasteiger partial charge in [-0.05, 0) is 32.0 Å². The fourth-order valence-electron chi connectivity index (χ4n) is 2.19. The molecule has 0 fully saturated rings. The average molecular weight is 300 g/mol. The lowest BCUT2D eigenvalue weighted by atomic mass is 10.1. The molecule has 0 saturated carbocycles. The molecule has 0 aliphatic rings. The SMILES string of the molecule is CCN(CC)CCCN(CCC(=O)OC)C(=O)CC(C)C. The molecule has 124 valence electrons. The molecule has 0 aliphatic heterocycles. The van der Waals surface area contributed by atoms with E-state index in [-0.39, 0.29) is 18.3 Å². The Hall–Kier alpha value is -1.10. The van der Waals surface area contributed by atoms with Crippen LogP contribution in [0.3, 0.4) is 0 Å². The van der Waals surface area contributed by atoms with E-state index in [0.29, 0.717) is 25.4 Å². The molecule has 0 heterocycles. The van der Waals surface area contributed by atoms with Crippen LogP contribution in [0.15, 0.2) is 0 Å². The summed E-state index contributed by atoms with van der Waals surface area (Å²) in [5.74, 6) is 0.204. The van der Waals surface area contributed by atoms with Crippen molar-refractivity contribution in [3.05, 3.63) is 0 Å². The summed E-state index contributed by atoms with van der Waals surface area (Å²) in [5.41, 5.74) is 0. The Morgan fingerprint density at radius 2 is 1.67 bits per heavy atom. The fourth-order valence-corrected chi connectivity index (χ4v) is 2.19. The maximum absolute atomic E-state index is 12.2. The Morgan fingerprint density at radius 3 is 2.14 bits per heavy atom. The van der Waals surface area contributed by atoms with E-state index >= 15 is 0 Å². The van der Waals surface area contributed by atoms with Crippen LogP contribution in [0.1, 0.15) is 47.0 Å². The molecule has 0 N–H and O–H groups in total. The highest BCUT2D eigenvalue weighted by Gasteiger charge is 2.16. The van der Waals surface area contributed by atoms with E-state index in [1.54, 1.807) is 4.90 Å². The Kier molecular flexibility index (Phi) is 10.9. The highest BCUT2D eigenvalue weighted by atomic mass is 16.5. The lowest BCUT2D eigenvalue weighted by Crippen LogP contribution is -2.36. The van der Waals surface area contributed by atoms with Gasteiger partial charge in [0.15, 0.2) is 0 Å². The van der Waals surface area contributed by atoms with Crippen LogP contribution in [-0.2, 0) is 14.3 Å². The predicted molar refractivity (Wildman–Crippen MR) is 85.1 cm³/mol. The van der Waals surface area contributed by atoms with Gasteiger partial charge in [-0.3, -0.25) is 9.59 Å². The number of nitrogens with zero attached hydrogens (tertiary/aromatic N) is 2. The van der Waals surface area contributed by atoms with Crippen LogP contribution in [0.4, 0.5) is 0 Å². The summed E-state index contributed by atoms with van der Waals surface area (Å²) in [6, 6.07) is 0. The van der Waals surface area contributed by atoms with E-state index in [2.05, 4.69) is 23.5 Å². The molecule has 5 nitrogen and oxygen atoms in total. The summed E-state index contributed by atoms with van der Waals surface area (Å²) in [6.07, 6.45) is 1.74. The Balaban J connectivity index is 4.36. The van der Waals surface area contributed by atoms with E-state index < -0.39 is 0 Å². The smallest absolute Gasteiger partial charge is 0.307 e. The summed E-state index contributed by atoms with van der Waals surface area (Å²) in [7, 11) is 1.38. The number of esters is 1. The summed E-state index contributed by atoms with van der Waals surface area (Å²) < 4.78 is 4.65. The quantitative estimate of drug-likeness (QED) is 0.549. The molecule has 0 spiro atoms. The van der Waals surface area contributed by atoms with Crippen LogP contribution in [0.25, 0.3) is 0 Å². The second-order valence-corrected chi connectivity index (χ2v) is 5.69. The third-order valence-electron chi connectivity index (χ3n) is 3.55. The van der Waals surface area contributed by atoms with Crippen LogP contribution in [0.2, 0.25) is 0 Å². The minimum absolute atomic E-state index is 0.133. The van der Waals surface area contributed by atoms with Gasteiger partial charge in [-0.25, -0.2) is 0 Å². The van der Waals surface area contributed by atoms with E-state index in [1.807, 2.05) is 13.8 Å². The van der Waals surface area contributed by atoms with Gasteiger partial charge in [-0.2, -0.15) is 0 Å². The summed E-state index contributed by atoms with van der Waals surface area (Å²) in [5, 5.41) is 0. The van der Waals surface area contributed by atoms with Crippen LogP contribution < -0.4 is 0 Å². The van der Waals surface area contributed by atoms with E-state index in [1.165, 1.54) is 7.11 Å². The molecular formula is C16H32N2O3. The maximum atomic E-state index is 12.2.